The molecular weight excluding hydrogens is 318 g/mol. The zero-order chi connectivity index (χ0) is 17.6. The maximum atomic E-state index is 12.0. The summed E-state index contributed by atoms with van der Waals surface area (Å²) < 4.78 is 1.95. The predicted octanol–water partition coefficient (Wildman–Crippen LogP) is 1.68. The standard InChI is InChI=1S/C18H17N5O2/c19-17(24)7-10-23-12-14(15-3-1-2-4-16(15)23)11-21-22-18(25)13-5-8-20-9-6-13/h1-6,8-9,11-12H,7,10H2,(H2,19,24)(H,22,25)/b21-11-. The fourth-order valence-corrected chi connectivity index (χ4v) is 2.52. The second kappa shape index (κ2) is 7.39. The van der Waals surface area contributed by atoms with Gasteiger partial charge in [-0.05, 0) is 18.2 Å². The van der Waals surface area contributed by atoms with Crippen LogP contribution < -0.4 is 11.2 Å². The van der Waals surface area contributed by atoms with Crippen molar-refractivity contribution in [2.24, 2.45) is 10.8 Å². The summed E-state index contributed by atoms with van der Waals surface area (Å²) in [5.74, 6) is -0.659. The van der Waals surface area contributed by atoms with Gasteiger partial charge in [0.2, 0.25) is 5.91 Å². The lowest BCUT2D eigenvalue weighted by atomic mass is 10.2. The molecule has 0 saturated heterocycles. The Morgan fingerprint density at radius 3 is 2.72 bits per heavy atom. The van der Waals surface area contributed by atoms with Crippen molar-refractivity contribution in [2.45, 2.75) is 13.0 Å². The smallest absolute Gasteiger partial charge is 0.271 e. The molecule has 0 aliphatic heterocycles. The Labute approximate surface area is 144 Å². The number of amides is 2. The highest BCUT2D eigenvalue weighted by atomic mass is 16.2. The van der Waals surface area contributed by atoms with E-state index in [4.69, 9.17) is 5.73 Å². The van der Waals surface area contributed by atoms with Gasteiger partial charge in [-0.2, -0.15) is 5.10 Å². The number of nitrogens with two attached hydrogens (primary N) is 1. The fraction of sp³-hybridized carbons (Fsp3) is 0.111. The average molecular weight is 335 g/mol. The Hall–Kier alpha value is -3.48. The van der Waals surface area contributed by atoms with Crippen molar-refractivity contribution >= 4 is 28.9 Å². The number of hydrazone groups is 1. The molecule has 3 N–H and O–H groups in total. The summed E-state index contributed by atoms with van der Waals surface area (Å²) in [6, 6.07) is 11.0. The summed E-state index contributed by atoms with van der Waals surface area (Å²) in [6.07, 6.45) is 6.82. The van der Waals surface area contributed by atoms with Gasteiger partial charge in [-0.1, -0.05) is 18.2 Å². The average Bonchev–Trinajstić information content (AvgIpc) is 2.99. The van der Waals surface area contributed by atoms with Crippen LogP contribution in [0, 0.1) is 0 Å². The van der Waals surface area contributed by atoms with E-state index in [2.05, 4.69) is 15.5 Å². The minimum Gasteiger partial charge on any atom is -0.370 e. The molecule has 0 radical (unpaired) electrons. The molecule has 7 heteroatoms. The fourth-order valence-electron chi connectivity index (χ4n) is 2.52. The first kappa shape index (κ1) is 16.4. The molecule has 2 amide bonds. The van der Waals surface area contributed by atoms with Crippen molar-refractivity contribution in [3.8, 4) is 0 Å². The van der Waals surface area contributed by atoms with Gasteiger partial charge in [0.25, 0.3) is 5.91 Å². The molecule has 0 unspecified atom stereocenters. The molecule has 0 atom stereocenters. The number of para-hydroxylation sites is 1. The largest absolute Gasteiger partial charge is 0.370 e. The van der Waals surface area contributed by atoms with Gasteiger partial charge in [0, 0.05) is 53.6 Å². The second-order valence-electron chi connectivity index (χ2n) is 5.45. The Balaban J connectivity index is 1.79. The van der Waals surface area contributed by atoms with E-state index in [-0.39, 0.29) is 18.2 Å². The lowest BCUT2D eigenvalue weighted by molar-refractivity contribution is -0.118. The molecule has 0 bridgehead atoms. The summed E-state index contributed by atoms with van der Waals surface area (Å²) in [6.45, 7) is 0.493. The first-order chi connectivity index (χ1) is 12.1. The molecule has 0 fully saturated rings. The van der Waals surface area contributed by atoms with Gasteiger partial charge in [-0.25, -0.2) is 5.43 Å². The van der Waals surface area contributed by atoms with Gasteiger partial charge < -0.3 is 10.3 Å². The third-order valence-corrected chi connectivity index (χ3v) is 3.73. The van der Waals surface area contributed by atoms with Crippen LogP contribution in [0.3, 0.4) is 0 Å². The molecule has 126 valence electrons. The van der Waals surface area contributed by atoms with Crippen molar-refractivity contribution < 1.29 is 9.59 Å². The number of hydrogen-bond acceptors (Lipinski definition) is 4. The molecule has 3 rings (SSSR count). The number of nitrogens with one attached hydrogen (secondary N) is 1. The lowest BCUT2D eigenvalue weighted by Crippen LogP contribution is -2.17. The number of aryl methyl sites for hydroxylation is 1. The normalized spacial score (nSPS) is 11.0. The van der Waals surface area contributed by atoms with Gasteiger partial charge in [0.05, 0.1) is 6.21 Å². The van der Waals surface area contributed by atoms with E-state index in [1.807, 2.05) is 35.0 Å². The summed E-state index contributed by atoms with van der Waals surface area (Å²) in [5.41, 5.74) is 10.0. The number of carbonyl (C=O) groups excluding carboxylic acids is 2. The van der Waals surface area contributed by atoms with Crippen LogP contribution in [0.4, 0.5) is 0 Å². The zero-order valence-electron chi connectivity index (χ0n) is 13.4. The van der Waals surface area contributed by atoms with Crippen LogP contribution in [-0.4, -0.2) is 27.6 Å². The molecule has 0 aliphatic rings. The molecule has 0 spiro atoms. The monoisotopic (exact) mass is 335 g/mol. The third kappa shape index (κ3) is 3.89. The summed E-state index contributed by atoms with van der Waals surface area (Å²) >= 11 is 0. The quantitative estimate of drug-likeness (QED) is 0.529. The summed E-state index contributed by atoms with van der Waals surface area (Å²) in [4.78, 5) is 26.9. The number of pyridine rings is 1. The van der Waals surface area contributed by atoms with Crippen LogP contribution >= 0.6 is 0 Å². The maximum absolute atomic E-state index is 12.0. The van der Waals surface area contributed by atoms with Gasteiger partial charge in [-0.3, -0.25) is 14.6 Å². The van der Waals surface area contributed by atoms with Crippen LogP contribution in [0.1, 0.15) is 22.3 Å². The highest BCUT2D eigenvalue weighted by molar-refractivity contribution is 6.00. The Kier molecular flexibility index (Phi) is 4.84. The van der Waals surface area contributed by atoms with E-state index >= 15 is 0 Å². The Bertz CT molecular complexity index is 931. The van der Waals surface area contributed by atoms with E-state index in [1.165, 1.54) is 0 Å². The van der Waals surface area contributed by atoms with Crippen molar-refractivity contribution in [3.05, 3.63) is 66.1 Å². The van der Waals surface area contributed by atoms with E-state index in [0.29, 0.717) is 12.1 Å². The van der Waals surface area contributed by atoms with Gasteiger partial charge in [0.15, 0.2) is 0 Å². The van der Waals surface area contributed by atoms with Crippen molar-refractivity contribution in [2.75, 3.05) is 0 Å². The van der Waals surface area contributed by atoms with E-state index in [9.17, 15) is 9.59 Å². The van der Waals surface area contributed by atoms with Crippen LogP contribution in [0.15, 0.2) is 60.1 Å². The van der Waals surface area contributed by atoms with Crippen molar-refractivity contribution in [1.82, 2.24) is 15.0 Å². The summed E-state index contributed by atoms with van der Waals surface area (Å²) in [7, 11) is 0. The number of hydrogen-bond donors (Lipinski definition) is 2. The van der Waals surface area contributed by atoms with E-state index < -0.39 is 0 Å². The van der Waals surface area contributed by atoms with E-state index in [0.717, 1.165) is 16.5 Å². The molecule has 1 aromatic carbocycles. The van der Waals surface area contributed by atoms with Crippen molar-refractivity contribution in [3.63, 3.8) is 0 Å². The minimum absolute atomic E-state index is 0.258. The molecule has 7 nitrogen and oxygen atoms in total. The van der Waals surface area contributed by atoms with Crippen LogP contribution in [0.25, 0.3) is 10.9 Å². The van der Waals surface area contributed by atoms with Gasteiger partial charge >= 0.3 is 0 Å². The Morgan fingerprint density at radius 1 is 1.20 bits per heavy atom. The molecular formula is C18H17N5O2. The number of primary amides is 1. The maximum Gasteiger partial charge on any atom is 0.271 e. The molecule has 3 aromatic rings. The van der Waals surface area contributed by atoms with Crippen LogP contribution in [0.5, 0.6) is 0 Å². The van der Waals surface area contributed by atoms with Crippen LogP contribution in [-0.2, 0) is 11.3 Å². The number of rotatable bonds is 6. The highest BCUT2D eigenvalue weighted by Gasteiger charge is 2.08. The topological polar surface area (TPSA) is 102 Å². The third-order valence-electron chi connectivity index (χ3n) is 3.73. The SMILES string of the molecule is NC(=O)CCn1cc(/C=N\NC(=O)c2ccncc2)c2ccccc21. The second-order valence-corrected chi connectivity index (χ2v) is 5.45. The zero-order valence-corrected chi connectivity index (χ0v) is 13.4. The molecule has 0 saturated carbocycles. The molecule has 25 heavy (non-hydrogen) atoms. The molecule has 0 aliphatic carbocycles. The van der Waals surface area contributed by atoms with Crippen LogP contribution in [0.2, 0.25) is 0 Å². The predicted molar refractivity (Wildman–Crippen MR) is 95.0 cm³/mol. The lowest BCUT2D eigenvalue weighted by Gasteiger charge is -2.02. The highest BCUT2D eigenvalue weighted by Crippen LogP contribution is 2.20. The van der Waals surface area contributed by atoms with Crippen molar-refractivity contribution in [1.29, 1.82) is 0 Å². The Morgan fingerprint density at radius 2 is 1.96 bits per heavy atom. The first-order valence-corrected chi connectivity index (χ1v) is 7.75. The van der Waals surface area contributed by atoms with Gasteiger partial charge in [0.1, 0.15) is 0 Å². The number of aromatic nitrogens is 2. The molecule has 2 heterocycles. The number of benzene rings is 1. The summed E-state index contributed by atoms with van der Waals surface area (Å²) in [5, 5.41) is 5.01. The number of nitrogens with zero attached hydrogens (tertiary/aromatic N) is 3. The van der Waals surface area contributed by atoms with Gasteiger partial charge in [-0.15, -0.1) is 0 Å². The first-order valence-electron chi connectivity index (χ1n) is 7.75. The molecule has 2 aromatic heterocycles. The van der Waals surface area contributed by atoms with E-state index in [1.54, 1.807) is 30.7 Å². The minimum atomic E-state index is -0.349. The number of carbonyl (C=O) groups is 2. The number of fused-ring (bicyclic) bond motifs is 1.